The van der Waals surface area contributed by atoms with Crippen LogP contribution in [0.5, 0.6) is 0 Å². The second-order valence-corrected chi connectivity index (χ2v) is 6.19. The van der Waals surface area contributed by atoms with Crippen LogP contribution in [-0.2, 0) is 4.74 Å². The summed E-state index contributed by atoms with van der Waals surface area (Å²) in [4.78, 5) is 0. The molecule has 0 radical (unpaired) electrons. The van der Waals surface area contributed by atoms with Gasteiger partial charge in [0.1, 0.15) is 11.6 Å². The van der Waals surface area contributed by atoms with Gasteiger partial charge in [-0.15, -0.1) is 0 Å². The maximum atomic E-state index is 13.7. The number of hydrogen-bond acceptors (Lipinski definition) is 1. The highest BCUT2D eigenvalue weighted by atomic mass is 19.1. The number of hydrogen-bond donors (Lipinski definition) is 0. The van der Waals surface area contributed by atoms with Crippen molar-refractivity contribution in [3.05, 3.63) is 59.2 Å². The van der Waals surface area contributed by atoms with E-state index < -0.39 is 11.6 Å². The van der Waals surface area contributed by atoms with Gasteiger partial charge in [-0.25, -0.2) is 8.78 Å². The summed E-state index contributed by atoms with van der Waals surface area (Å²) in [5, 5.41) is 0. The largest absolute Gasteiger partial charge is 0.373 e. The minimum absolute atomic E-state index is 0.0603. The van der Waals surface area contributed by atoms with Crippen LogP contribution >= 0.6 is 0 Å². The Bertz CT molecular complexity index is 633. The molecule has 1 aliphatic heterocycles. The smallest absolute Gasteiger partial charge is 0.129 e. The highest BCUT2D eigenvalue weighted by Gasteiger charge is 2.20. The topological polar surface area (TPSA) is 9.23 Å². The van der Waals surface area contributed by atoms with Crippen LogP contribution in [0.4, 0.5) is 8.78 Å². The zero-order chi connectivity index (χ0) is 15.7. The maximum Gasteiger partial charge on any atom is 0.129 e. The fourth-order valence-corrected chi connectivity index (χ4v) is 2.85. The van der Waals surface area contributed by atoms with Crippen LogP contribution in [0.25, 0.3) is 11.1 Å². The summed E-state index contributed by atoms with van der Waals surface area (Å²) < 4.78 is 33.2. The van der Waals surface area contributed by atoms with Crippen molar-refractivity contribution in [1.29, 1.82) is 0 Å². The number of halogens is 2. The Labute approximate surface area is 129 Å². The lowest BCUT2D eigenvalue weighted by Gasteiger charge is -2.27. The van der Waals surface area contributed by atoms with Crippen LogP contribution in [0.1, 0.15) is 37.0 Å². The van der Waals surface area contributed by atoms with Crippen LogP contribution in [0.2, 0.25) is 0 Å². The fourth-order valence-electron chi connectivity index (χ4n) is 2.85. The van der Waals surface area contributed by atoms with E-state index in [2.05, 4.69) is 6.92 Å². The van der Waals surface area contributed by atoms with Crippen molar-refractivity contribution in [3.63, 3.8) is 0 Å². The highest BCUT2D eigenvalue weighted by molar-refractivity contribution is 5.64. The zero-order valence-electron chi connectivity index (χ0n) is 12.9. The molecule has 0 spiro atoms. The third kappa shape index (κ3) is 3.05. The molecule has 3 heteroatoms. The Morgan fingerprint density at radius 3 is 2.14 bits per heavy atom. The molecule has 0 aromatic heterocycles. The Kier molecular flexibility index (Phi) is 4.25. The van der Waals surface area contributed by atoms with E-state index in [1.54, 1.807) is 0 Å². The van der Waals surface area contributed by atoms with E-state index in [-0.39, 0.29) is 11.7 Å². The Morgan fingerprint density at radius 2 is 1.59 bits per heavy atom. The minimum Gasteiger partial charge on any atom is -0.373 e. The molecule has 2 atom stereocenters. The third-order valence-electron chi connectivity index (χ3n) is 4.40. The van der Waals surface area contributed by atoms with Crippen molar-refractivity contribution in [2.24, 2.45) is 5.92 Å². The molecule has 1 heterocycles. The predicted molar refractivity (Wildman–Crippen MR) is 83.6 cm³/mol. The maximum absolute atomic E-state index is 13.7. The van der Waals surface area contributed by atoms with Crippen LogP contribution in [0.3, 0.4) is 0 Å². The van der Waals surface area contributed by atoms with E-state index in [1.807, 2.05) is 24.3 Å². The summed E-state index contributed by atoms with van der Waals surface area (Å²) in [5.41, 5.74) is 2.56. The van der Waals surface area contributed by atoms with Crippen molar-refractivity contribution in [2.75, 3.05) is 6.61 Å². The SMILES string of the molecule is Cc1c(F)cc(-c2ccc(C3CCC(C)CO3)cc2)cc1F. The Morgan fingerprint density at radius 1 is 0.955 bits per heavy atom. The second kappa shape index (κ2) is 6.17. The summed E-state index contributed by atoms with van der Waals surface area (Å²) in [5.74, 6) is -0.401. The molecule has 0 bridgehead atoms. The molecule has 2 aromatic carbocycles. The van der Waals surface area contributed by atoms with E-state index in [4.69, 9.17) is 4.74 Å². The van der Waals surface area contributed by atoms with Crippen molar-refractivity contribution < 1.29 is 13.5 Å². The van der Waals surface area contributed by atoms with Crippen molar-refractivity contribution >= 4 is 0 Å². The van der Waals surface area contributed by atoms with Gasteiger partial charge < -0.3 is 4.74 Å². The van der Waals surface area contributed by atoms with Crippen LogP contribution in [0.15, 0.2) is 36.4 Å². The van der Waals surface area contributed by atoms with Crippen molar-refractivity contribution in [3.8, 4) is 11.1 Å². The second-order valence-electron chi connectivity index (χ2n) is 6.19. The third-order valence-corrected chi connectivity index (χ3v) is 4.40. The van der Waals surface area contributed by atoms with Gasteiger partial charge in [-0.05, 0) is 54.5 Å². The lowest BCUT2D eigenvalue weighted by molar-refractivity contribution is -0.0123. The van der Waals surface area contributed by atoms with Gasteiger partial charge in [0.25, 0.3) is 0 Å². The molecule has 0 saturated carbocycles. The molecule has 1 saturated heterocycles. The van der Waals surface area contributed by atoms with Crippen molar-refractivity contribution in [2.45, 2.75) is 32.8 Å². The normalized spacial score (nSPS) is 21.8. The minimum atomic E-state index is -0.510. The number of ether oxygens (including phenoxy) is 1. The molecule has 1 fully saturated rings. The zero-order valence-corrected chi connectivity index (χ0v) is 12.9. The first-order valence-electron chi connectivity index (χ1n) is 7.72. The first-order chi connectivity index (χ1) is 10.5. The molecule has 2 unspecified atom stereocenters. The lowest BCUT2D eigenvalue weighted by atomic mass is 9.94. The molecule has 0 amide bonds. The summed E-state index contributed by atoms with van der Waals surface area (Å²) in [6.07, 6.45) is 2.33. The monoisotopic (exact) mass is 302 g/mol. The van der Waals surface area contributed by atoms with Crippen LogP contribution in [0, 0.1) is 24.5 Å². The first kappa shape index (κ1) is 15.2. The molecule has 0 aliphatic carbocycles. The molecule has 3 rings (SSSR count). The van der Waals surface area contributed by atoms with Gasteiger partial charge in [-0.3, -0.25) is 0 Å². The van der Waals surface area contributed by atoms with Gasteiger partial charge in [0, 0.05) is 12.2 Å². The standard InChI is InChI=1S/C19H20F2O/c1-12-3-8-19(22-11-12)15-6-4-14(5-7-15)16-9-17(20)13(2)18(21)10-16/h4-7,9-10,12,19H,3,8,11H2,1-2H3. The summed E-state index contributed by atoms with van der Waals surface area (Å²) in [6.45, 7) is 4.43. The lowest BCUT2D eigenvalue weighted by Crippen LogP contribution is -2.18. The molecule has 1 nitrogen and oxygen atoms in total. The molecule has 2 aromatic rings. The number of rotatable bonds is 2. The highest BCUT2D eigenvalue weighted by Crippen LogP contribution is 2.32. The molecule has 0 N–H and O–H groups in total. The molecular formula is C19H20F2O. The summed E-state index contributed by atoms with van der Waals surface area (Å²) in [7, 11) is 0. The molecule has 1 aliphatic rings. The van der Waals surface area contributed by atoms with Gasteiger partial charge >= 0.3 is 0 Å². The predicted octanol–water partition coefficient (Wildman–Crippen LogP) is 5.43. The average molecular weight is 302 g/mol. The van der Waals surface area contributed by atoms with E-state index in [0.29, 0.717) is 11.5 Å². The molecule has 116 valence electrons. The number of benzene rings is 2. The molecule has 22 heavy (non-hydrogen) atoms. The Hall–Kier alpha value is -1.74. The van der Waals surface area contributed by atoms with Crippen molar-refractivity contribution in [1.82, 2.24) is 0 Å². The van der Waals surface area contributed by atoms with E-state index in [9.17, 15) is 8.78 Å². The van der Waals surface area contributed by atoms with Gasteiger partial charge in [0.2, 0.25) is 0 Å². The Balaban J connectivity index is 1.82. The summed E-state index contributed by atoms with van der Waals surface area (Å²) in [6, 6.07) is 10.6. The van der Waals surface area contributed by atoms with Gasteiger partial charge in [-0.2, -0.15) is 0 Å². The average Bonchev–Trinajstić information content (AvgIpc) is 2.53. The van der Waals surface area contributed by atoms with E-state index in [1.165, 1.54) is 25.5 Å². The quantitative estimate of drug-likeness (QED) is 0.719. The molecular weight excluding hydrogens is 282 g/mol. The van der Waals surface area contributed by atoms with Gasteiger partial charge in [0.15, 0.2) is 0 Å². The summed E-state index contributed by atoms with van der Waals surface area (Å²) >= 11 is 0. The van der Waals surface area contributed by atoms with Crippen LogP contribution < -0.4 is 0 Å². The van der Waals surface area contributed by atoms with Gasteiger partial charge in [0.05, 0.1) is 6.10 Å². The van der Waals surface area contributed by atoms with Gasteiger partial charge in [-0.1, -0.05) is 31.2 Å². The van der Waals surface area contributed by atoms with E-state index >= 15 is 0 Å². The van der Waals surface area contributed by atoms with E-state index in [0.717, 1.165) is 24.2 Å². The fraction of sp³-hybridized carbons (Fsp3) is 0.368. The first-order valence-corrected chi connectivity index (χ1v) is 7.72. The van der Waals surface area contributed by atoms with Crippen LogP contribution in [-0.4, -0.2) is 6.61 Å².